The van der Waals surface area contributed by atoms with Gasteiger partial charge in [0.25, 0.3) is 0 Å². The maximum Gasteiger partial charge on any atom is 0.389 e. The molecule has 0 bridgehead atoms. The maximum atomic E-state index is 11.9. The fraction of sp³-hybridized carbons (Fsp3) is 0.417. The zero-order valence-electron chi connectivity index (χ0n) is 9.38. The van der Waals surface area contributed by atoms with Gasteiger partial charge in [-0.15, -0.1) is 0 Å². The summed E-state index contributed by atoms with van der Waals surface area (Å²) < 4.78 is 40.7. The van der Waals surface area contributed by atoms with Crippen LogP contribution in [0.2, 0.25) is 0 Å². The highest BCUT2D eigenvalue weighted by atomic mass is 19.4. The Bertz CT molecular complexity index is 386. The number of para-hydroxylation sites is 1. The molecule has 1 aromatic rings. The van der Waals surface area contributed by atoms with Gasteiger partial charge >= 0.3 is 6.18 Å². The summed E-state index contributed by atoms with van der Waals surface area (Å²) in [5, 5.41) is 0. The number of ether oxygens (including phenoxy) is 1. The molecule has 0 fully saturated rings. The van der Waals surface area contributed by atoms with Crippen molar-refractivity contribution in [2.24, 2.45) is 0 Å². The third kappa shape index (κ3) is 4.46. The van der Waals surface area contributed by atoms with E-state index in [0.717, 1.165) is 0 Å². The predicted octanol–water partition coefficient (Wildman–Crippen LogP) is 3.61. The van der Waals surface area contributed by atoms with E-state index in [0.29, 0.717) is 11.3 Å². The number of carbonyl (C=O) groups excluding carboxylic acids is 1. The van der Waals surface area contributed by atoms with Crippen molar-refractivity contribution in [2.45, 2.75) is 25.4 Å². The fourth-order valence-electron chi connectivity index (χ4n) is 1.46. The van der Waals surface area contributed by atoms with Gasteiger partial charge in [0, 0.05) is 12.8 Å². The highest BCUT2D eigenvalue weighted by Crippen LogP contribution is 2.24. The molecular weight excluding hydrogens is 233 g/mol. The van der Waals surface area contributed by atoms with Crippen LogP contribution in [0.3, 0.4) is 0 Å². The molecule has 2 nitrogen and oxygen atoms in total. The van der Waals surface area contributed by atoms with E-state index in [1.54, 1.807) is 24.3 Å². The highest BCUT2D eigenvalue weighted by molar-refractivity contribution is 5.98. The third-order valence-corrected chi connectivity index (χ3v) is 2.27. The molecule has 1 rings (SSSR count). The van der Waals surface area contributed by atoms with Gasteiger partial charge in [0.1, 0.15) is 5.75 Å². The zero-order valence-corrected chi connectivity index (χ0v) is 9.38. The molecule has 1 aromatic carbocycles. The van der Waals surface area contributed by atoms with Gasteiger partial charge in [0.2, 0.25) is 0 Å². The topological polar surface area (TPSA) is 26.3 Å². The first-order valence-electron chi connectivity index (χ1n) is 5.17. The first kappa shape index (κ1) is 13.5. The number of hydrogen-bond donors (Lipinski definition) is 0. The van der Waals surface area contributed by atoms with Crippen molar-refractivity contribution in [1.29, 1.82) is 0 Å². The van der Waals surface area contributed by atoms with Crippen LogP contribution < -0.4 is 4.74 Å². The van der Waals surface area contributed by atoms with E-state index in [-0.39, 0.29) is 18.6 Å². The molecule has 5 heteroatoms. The van der Waals surface area contributed by atoms with Crippen molar-refractivity contribution in [2.75, 3.05) is 7.11 Å². The number of halogens is 3. The van der Waals surface area contributed by atoms with Gasteiger partial charge in [-0.1, -0.05) is 12.1 Å². The Morgan fingerprint density at radius 2 is 1.94 bits per heavy atom. The normalized spacial score (nSPS) is 11.3. The third-order valence-electron chi connectivity index (χ3n) is 2.27. The van der Waals surface area contributed by atoms with Crippen LogP contribution in [0.1, 0.15) is 29.6 Å². The summed E-state index contributed by atoms with van der Waals surface area (Å²) in [5.41, 5.74) is 0.331. The lowest BCUT2D eigenvalue weighted by atomic mass is 10.0. The van der Waals surface area contributed by atoms with Crippen LogP contribution in [-0.4, -0.2) is 19.1 Å². The first-order valence-corrected chi connectivity index (χ1v) is 5.17. The number of alkyl halides is 3. The largest absolute Gasteiger partial charge is 0.496 e. The molecule has 0 spiro atoms. The summed E-state index contributed by atoms with van der Waals surface area (Å²) in [6.45, 7) is 0. The molecule has 0 amide bonds. The Kier molecular flexibility index (Phi) is 4.54. The lowest BCUT2D eigenvalue weighted by Crippen LogP contribution is -2.09. The van der Waals surface area contributed by atoms with Gasteiger partial charge in [0.15, 0.2) is 5.78 Å². The first-order chi connectivity index (χ1) is 7.94. The van der Waals surface area contributed by atoms with Crippen LogP contribution >= 0.6 is 0 Å². The van der Waals surface area contributed by atoms with E-state index in [1.807, 2.05) is 0 Å². The molecule has 0 aromatic heterocycles. The monoisotopic (exact) mass is 246 g/mol. The Labute approximate surface area is 97.4 Å². The average Bonchev–Trinajstić information content (AvgIpc) is 2.27. The molecule has 0 unspecified atom stereocenters. The van der Waals surface area contributed by atoms with Crippen molar-refractivity contribution in [1.82, 2.24) is 0 Å². The van der Waals surface area contributed by atoms with Crippen LogP contribution in [0.15, 0.2) is 24.3 Å². The van der Waals surface area contributed by atoms with E-state index >= 15 is 0 Å². The second-order valence-corrected chi connectivity index (χ2v) is 3.59. The van der Waals surface area contributed by atoms with E-state index in [9.17, 15) is 18.0 Å². The lowest BCUT2D eigenvalue weighted by Gasteiger charge is -2.08. The lowest BCUT2D eigenvalue weighted by molar-refractivity contribution is -0.135. The number of ketones is 1. The summed E-state index contributed by atoms with van der Waals surface area (Å²) in [6.07, 6.45) is -5.46. The minimum Gasteiger partial charge on any atom is -0.496 e. The van der Waals surface area contributed by atoms with Crippen LogP contribution in [0.5, 0.6) is 5.75 Å². The van der Waals surface area contributed by atoms with Crippen molar-refractivity contribution in [3.05, 3.63) is 29.8 Å². The van der Waals surface area contributed by atoms with Crippen LogP contribution in [0, 0.1) is 0 Å². The van der Waals surface area contributed by atoms with Crippen molar-refractivity contribution in [3.63, 3.8) is 0 Å². The number of benzene rings is 1. The Hall–Kier alpha value is -1.52. The van der Waals surface area contributed by atoms with E-state index in [2.05, 4.69) is 0 Å². The number of carbonyl (C=O) groups is 1. The SMILES string of the molecule is COc1ccccc1C(=O)CCCC(F)(F)F. The number of methoxy groups -OCH3 is 1. The second-order valence-electron chi connectivity index (χ2n) is 3.59. The zero-order chi connectivity index (χ0) is 12.9. The molecule has 0 N–H and O–H groups in total. The quantitative estimate of drug-likeness (QED) is 0.742. The standard InChI is InChI=1S/C12H13F3O2/c1-17-11-7-3-2-5-9(11)10(16)6-4-8-12(13,14)15/h2-3,5,7H,4,6,8H2,1H3. The molecule has 0 aliphatic heterocycles. The van der Waals surface area contributed by atoms with Gasteiger partial charge in [-0.25, -0.2) is 0 Å². The fourth-order valence-corrected chi connectivity index (χ4v) is 1.46. The Balaban J connectivity index is 2.58. The predicted molar refractivity (Wildman–Crippen MR) is 57.2 cm³/mol. The van der Waals surface area contributed by atoms with Crippen molar-refractivity contribution in [3.8, 4) is 5.75 Å². The molecule has 17 heavy (non-hydrogen) atoms. The van der Waals surface area contributed by atoms with E-state index in [1.165, 1.54) is 7.11 Å². The number of Topliss-reactive ketones (excluding diaryl/α,β-unsaturated/α-hetero) is 1. The Morgan fingerprint density at radius 3 is 2.53 bits per heavy atom. The number of rotatable bonds is 5. The van der Waals surface area contributed by atoms with Crippen molar-refractivity contribution < 1.29 is 22.7 Å². The second kappa shape index (κ2) is 5.70. The van der Waals surface area contributed by atoms with Gasteiger partial charge in [0.05, 0.1) is 12.7 Å². The van der Waals surface area contributed by atoms with Crippen molar-refractivity contribution >= 4 is 5.78 Å². The molecule has 94 valence electrons. The molecule has 0 aliphatic rings. The minimum atomic E-state index is -4.21. The summed E-state index contributed by atoms with van der Waals surface area (Å²) in [4.78, 5) is 11.7. The van der Waals surface area contributed by atoms with Gasteiger partial charge in [-0.2, -0.15) is 13.2 Å². The molecule has 0 aliphatic carbocycles. The van der Waals surface area contributed by atoms with Crippen LogP contribution in [0.4, 0.5) is 13.2 Å². The average molecular weight is 246 g/mol. The maximum absolute atomic E-state index is 11.9. The molecule has 0 heterocycles. The van der Waals surface area contributed by atoms with Gasteiger partial charge < -0.3 is 4.74 Å². The summed E-state index contributed by atoms with van der Waals surface area (Å²) >= 11 is 0. The molecule has 0 radical (unpaired) electrons. The molecule has 0 saturated carbocycles. The van der Waals surface area contributed by atoms with Gasteiger partial charge in [-0.05, 0) is 18.6 Å². The van der Waals surface area contributed by atoms with Crippen LogP contribution in [-0.2, 0) is 0 Å². The molecular formula is C12H13F3O2. The molecule has 0 atom stereocenters. The summed E-state index contributed by atoms with van der Waals surface area (Å²) in [5.74, 6) is 0.0659. The summed E-state index contributed by atoms with van der Waals surface area (Å²) in [6, 6.07) is 6.51. The smallest absolute Gasteiger partial charge is 0.389 e. The summed E-state index contributed by atoms with van der Waals surface area (Å²) in [7, 11) is 1.42. The Morgan fingerprint density at radius 1 is 1.29 bits per heavy atom. The van der Waals surface area contributed by atoms with Crippen LogP contribution in [0.25, 0.3) is 0 Å². The van der Waals surface area contributed by atoms with E-state index < -0.39 is 12.6 Å². The van der Waals surface area contributed by atoms with E-state index in [4.69, 9.17) is 4.74 Å². The minimum absolute atomic E-state index is 0.125. The molecule has 0 saturated heterocycles. The van der Waals surface area contributed by atoms with Gasteiger partial charge in [-0.3, -0.25) is 4.79 Å². The highest BCUT2D eigenvalue weighted by Gasteiger charge is 2.26. The number of hydrogen-bond acceptors (Lipinski definition) is 2.